The molecule has 8 rings (SSSR count). The van der Waals surface area contributed by atoms with Gasteiger partial charge in [0, 0.05) is 35.7 Å². The van der Waals surface area contributed by atoms with Crippen molar-refractivity contribution in [1.29, 1.82) is 0 Å². The van der Waals surface area contributed by atoms with Crippen molar-refractivity contribution in [1.82, 2.24) is 29.5 Å². The van der Waals surface area contributed by atoms with E-state index >= 15 is 0 Å². The summed E-state index contributed by atoms with van der Waals surface area (Å²) in [6.45, 7) is 5.79. The van der Waals surface area contributed by atoms with E-state index in [0.29, 0.717) is 25.3 Å². The molecular formula is C42H51N7O6S2. The summed E-state index contributed by atoms with van der Waals surface area (Å²) in [6.07, 6.45) is 9.03. The van der Waals surface area contributed by atoms with Gasteiger partial charge in [-0.3, -0.25) is 23.7 Å². The van der Waals surface area contributed by atoms with E-state index in [9.17, 15) is 22.8 Å². The Kier molecular flexibility index (Phi) is 10.5. The molecule has 2 aliphatic heterocycles. The van der Waals surface area contributed by atoms with Gasteiger partial charge in [-0.05, 0) is 77.0 Å². The highest BCUT2D eigenvalue weighted by atomic mass is 32.2. The Bertz CT molecular complexity index is 2320. The lowest BCUT2D eigenvalue weighted by atomic mass is 10.1. The van der Waals surface area contributed by atoms with Crippen LogP contribution in [0.3, 0.4) is 0 Å². The highest BCUT2D eigenvalue weighted by Gasteiger charge is 2.63. The fourth-order valence-electron chi connectivity index (χ4n) is 8.16. The van der Waals surface area contributed by atoms with E-state index in [4.69, 9.17) is 20.4 Å². The highest BCUT2D eigenvalue weighted by molar-refractivity contribution is 7.91. The van der Waals surface area contributed by atoms with Crippen LogP contribution in [0.15, 0.2) is 66.1 Å². The number of carbonyl (C=O) groups excluding carboxylic acids is 3. The number of rotatable bonds is 9. The zero-order chi connectivity index (χ0) is 40.1. The van der Waals surface area contributed by atoms with Gasteiger partial charge in [0.2, 0.25) is 21.8 Å². The van der Waals surface area contributed by atoms with E-state index in [-0.39, 0.29) is 37.3 Å². The Morgan fingerprint density at radius 1 is 1.09 bits per heavy atom. The summed E-state index contributed by atoms with van der Waals surface area (Å²) in [4.78, 5) is 53.7. The molecule has 0 radical (unpaired) electrons. The number of thiazole rings is 1. The third-order valence-corrected chi connectivity index (χ3v) is 15.1. The van der Waals surface area contributed by atoms with Crippen molar-refractivity contribution in [3.63, 3.8) is 0 Å². The first-order chi connectivity index (χ1) is 27.3. The third kappa shape index (κ3) is 7.73. The summed E-state index contributed by atoms with van der Waals surface area (Å²) < 4.78 is 36.3. The molecule has 2 aliphatic carbocycles. The summed E-state index contributed by atoms with van der Waals surface area (Å²) >= 11 is 1.57. The van der Waals surface area contributed by atoms with E-state index in [1.54, 1.807) is 18.3 Å². The van der Waals surface area contributed by atoms with Gasteiger partial charge in [0.15, 0.2) is 0 Å². The first-order valence-corrected chi connectivity index (χ1v) is 22.4. The topological polar surface area (TPSA) is 179 Å². The second kappa shape index (κ2) is 15.3. The second-order valence-electron chi connectivity index (χ2n) is 16.6. The average Bonchev–Trinajstić information content (AvgIpc) is 3.87. The maximum Gasteiger partial charge on any atom is 0.297 e. The second-order valence-corrected chi connectivity index (χ2v) is 19.7. The van der Waals surface area contributed by atoms with Crippen LogP contribution in [0, 0.1) is 5.92 Å². The Morgan fingerprint density at radius 3 is 2.63 bits per heavy atom. The Labute approximate surface area is 337 Å². The number of imidazole rings is 1. The molecule has 0 spiro atoms. The van der Waals surface area contributed by atoms with Crippen molar-refractivity contribution >= 4 is 50.1 Å². The minimum atomic E-state index is -3.95. The average molecular weight is 814 g/mol. The molecule has 0 bridgehead atoms. The summed E-state index contributed by atoms with van der Waals surface area (Å²) in [7, 11) is -3.95. The maximum atomic E-state index is 14.4. The fourth-order valence-corrected chi connectivity index (χ4v) is 10.3. The van der Waals surface area contributed by atoms with Gasteiger partial charge in [-0.2, -0.15) is 4.98 Å². The van der Waals surface area contributed by atoms with Crippen LogP contribution in [0.4, 0.5) is 0 Å². The number of hydrogen-bond donors (Lipinski definition) is 3. The van der Waals surface area contributed by atoms with Crippen LogP contribution in [-0.2, 0) is 30.8 Å². The summed E-state index contributed by atoms with van der Waals surface area (Å²) in [5.41, 5.74) is 9.68. The Hall–Kier alpha value is -4.60. The minimum absolute atomic E-state index is 0.0391. The van der Waals surface area contributed by atoms with Gasteiger partial charge >= 0.3 is 0 Å². The maximum absolute atomic E-state index is 14.4. The van der Waals surface area contributed by atoms with Gasteiger partial charge in [-0.15, -0.1) is 11.3 Å². The molecule has 4 heterocycles. The predicted molar refractivity (Wildman–Crippen MR) is 219 cm³/mol. The van der Waals surface area contributed by atoms with Crippen molar-refractivity contribution in [2.45, 2.75) is 119 Å². The van der Waals surface area contributed by atoms with Crippen molar-refractivity contribution in [3.05, 3.63) is 77.3 Å². The minimum Gasteiger partial charge on any atom is -0.459 e. The number of ether oxygens (including phenoxy) is 1. The first-order valence-electron chi connectivity index (χ1n) is 20.1. The van der Waals surface area contributed by atoms with Crippen LogP contribution in [0.1, 0.15) is 95.9 Å². The molecule has 5 atom stereocenters. The van der Waals surface area contributed by atoms with Crippen molar-refractivity contribution in [2.24, 2.45) is 11.7 Å². The number of sulfonamides is 1. The van der Waals surface area contributed by atoms with Crippen molar-refractivity contribution in [3.8, 4) is 16.6 Å². The van der Waals surface area contributed by atoms with Crippen LogP contribution in [0.2, 0.25) is 0 Å². The van der Waals surface area contributed by atoms with E-state index in [2.05, 4.69) is 27.6 Å². The standard InChI is InChI=1S/C42H51N7O6S2/c1-26(2)49-33-18-12-16-31(37-44-29(25-56-37)21-27-13-8-7-9-14-27)35(33)45-40(49)55-30-22-34-36(50)46-42(39(52)47-57(53,54)41(3)19-20-41)23-28(42)15-10-5-4-6-11-17-32(43)38(51)48(34)24-30/h7-10,12-16,18,25-26,28,30,32,34H,4-6,11,17,19-24,43H2,1-3H3,(H,46,50)(H,47,52)/b15-10-/t28-,30-,32+,34+,42-/m1/s1. The molecule has 15 heteroatoms. The number of nitrogens with one attached hydrogen (secondary N) is 2. The lowest BCUT2D eigenvalue weighted by molar-refractivity contribution is -0.140. The molecular weight excluding hydrogens is 763 g/mol. The number of amides is 3. The predicted octanol–water partition coefficient (Wildman–Crippen LogP) is 5.40. The van der Waals surface area contributed by atoms with Crippen LogP contribution in [0.25, 0.3) is 21.6 Å². The molecule has 57 heavy (non-hydrogen) atoms. The molecule has 4 aromatic rings. The molecule has 3 fully saturated rings. The van der Waals surface area contributed by atoms with Crippen molar-refractivity contribution < 1.29 is 27.5 Å². The summed E-state index contributed by atoms with van der Waals surface area (Å²) in [6, 6.07) is 14.7. The van der Waals surface area contributed by atoms with Gasteiger partial charge in [0.1, 0.15) is 28.2 Å². The monoisotopic (exact) mass is 813 g/mol. The van der Waals surface area contributed by atoms with Crippen molar-refractivity contribution in [2.75, 3.05) is 6.54 Å². The molecule has 2 aromatic heterocycles. The third-order valence-electron chi connectivity index (χ3n) is 12.0. The van der Waals surface area contributed by atoms with Crippen LogP contribution in [-0.4, -0.2) is 80.6 Å². The molecule has 0 unspecified atom stereocenters. The van der Waals surface area contributed by atoms with Gasteiger partial charge in [0.05, 0.1) is 28.5 Å². The number of nitrogens with two attached hydrogens (primary N) is 1. The van der Waals surface area contributed by atoms with Gasteiger partial charge in [-0.25, -0.2) is 13.4 Å². The van der Waals surface area contributed by atoms with Gasteiger partial charge in [0.25, 0.3) is 11.9 Å². The van der Waals surface area contributed by atoms with E-state index in [0.717, 1.165) is 59.4 Å². The normalized spacial score (nSPS) is 26.9. The Balaban J connectivity index is 1.07. The molecule has 13 nitrogen and oxygen atoms in total. The zero-order valence-electron chi connectivity index (χ0n) is 32.6. The van der Waals surface area contributed by atoms with Gasteiger partial charge in [-0.1, -0.05) is 61.4 Å². The number of hydrogen-bond acceptors (Lipinski definition) is 10. The van der Waals surface area contributed by atoms with Crippen LogP contribution < -0.4 is 20.5 Å². The molecule has 3 amide bonds. The largest absolute Gasteiger partial charge is 0.459 e. The number of carbonyl (C=O) groups is 3. The quantitative estimate of drug-likeness (QED) is 0.187. The number of para-hydroxylation sites is 1. The first kappa shape index (κ1) is 39.2. The number of nitrogens with zero attached hydrogens (tertiary/aromatic N) is 4. The van der Waals surface area contributed by atoms with E-state index in [1.807, 2.05) is 67.0 Å². The lowest BCUT2D eigenvalue weighted by Crippen LogP contribution is -2.58. The molecule has 4 aliphatic rings. The Morgan fingerprint density at radius 2 is 1.88 bits per heavy atom. The molecule has 302 valence electrons. The SMILES string of the molecule is CC(C)n1c(O[C@@H]2C[C@H]3C(=O)N[C@]4(C(=O)NS(=O)(=O)C5(C)CC5)C[C@H]4/C=C\CCCCC[C@H](N)C(=O)N3C2)nc2c(-c3nc(Cc4ccccc4)cs3)cccc21. The zero-order valence-corrected chi connectivity index (χ0v) is 34.3. The van der Waals surface area contributed by atoms with E-state index in [1.165, 1.54) is 10.5 Å². The summed E-state index contributed by atoms with van der Waals surface area (Å²) in [5.74, 6) is -2.05. The highest BCUT2D eigenvalue weighted by Crippen LogP contribution is 2.47. The molecule has 2 saturated carbocycles. The molecule has 4 N–H and O–H groups in total. The number of benzene rings is 2. The summed E-state index contributed by atoms with van der Waals surface area (Å²) in [5, 5.41) is 5.85. The number of allylic oxidation sites excluding steroid dienone is 1. The fraction of sp³-hybridized carbons (Fsp3) is 0.500. The lowest BCUT2D eigenvalue weighted by Gasteiger charge is -2.28. The van der Waals surface area contributed by atoms with Crippen LogP contribution in [0.5, 0.6) is 6.01 Å². The number of aromatic nitrogens is 3. The molecule has 2 aromatic carbocycles. The van der Waals surface area contributed by atoms with Gasteiger partial charge < -0.3 is 20.7 Å². The smallest absolute Gasteiger partial charge is 0.297 e. The number of fused-ring (bicyclic) bond motifs is 3. The van der Waals surface area contributed by atoms with Crippen LogP contribution >= 0.6 is 11.3 Å². The van der Waals surface area contributed by atoms with E-state index < -0.39 is 50.3 Å². The molecule has 1 saturated heterocycles.